The molecule has 0 aliphatic carbocycles. The molecule has 6 heteroatoms. The SMILES string of the molecule is CC1(C)CC(CC/C=N/S(=O)C(C)(C)C)CN1I=O. The van der Waals surface area contributed by atoms with Crippen LogP contribution in [-0.4, -0.2) is 30.4 Å². The summed E-state index contributed by atoms with van der Waals surface area (Å²) in [7, 11) is -1.15. The highest BCUT2D eigenvalue weighted by atomic mass is 127. The topological polar surface area (TPSA) is 49.7 Å². The fraction of sp³-hybridized carbons (Fsp3) is 0.923. The standard InChI is InChI=1S/C13H25IN2O2S/c1-12(2,3)19(18)15-8-6-7-11-9-13(4,5)16(10-11)14-17/h8,11H,6-7,9-10H2,1-5H3/b15-8+. The Morgan fingerprint density at radius 1 is 1.47 bits per heavy atom. The summed E-state index contributed by atoms with van der Waals surface area (Å²) < 4.78 is 28.9. The molecule has 112 valence electrons. The molecule has 2 atom stereocenters. The second kappa shape index (κ2) is 6.85. The number of nitrogens with zero attached hydrogens (tertiary/aromatic N) is 2. The zero-order chi connectivity index (χ0) is 14.7. The summed E-state index contributed by atoms with van der Waals surface area (Å²) in [6, 6.07) is 0. The van der Waals surface area contributed by atoms with Crippen LogP contribution in [0.2, 0.25) is 0 Å². The third-order valence-electron chi connectivity index (χ3n) is 3.34. The van der Waals surface area contributed by atoms with Gasteiger partial charge >= 0.3 is 0 Å². The van der Waals surface area contributed by atoms with Gasteiger partial charge in [-0.2, -0.15) is 4.40 Å². The van der Waals surface area contributed by atoms with Gasteiger partial charge in [0.25, 0.3) is 0 Å². The summed E-state index contributed by atoms with van der Waals surface area (Å²) in [6.45, 7) is 11.0. The zero-order valence-corrected chi connectivity index (χ0v) is 15.5. The highest BCUT2D eigenvalue weighted by Crippen LogP contribution is 2.38. The van der Waals surface area contributed by atoms with E-state index in [-0.39, 0.29) is 10.3 Å². The minimum Gasteiger partial charge on any atom is -0.252 e. The van der Waals surface area contributed by atoms with E-state index < -0.39 is 32.5 Å². The lowest BCUT2D eigenvalue weighted by Crippen LogP contribution is -2.29. The maximum atomic E-state index is 11.7. The van der Waals surface area contributed by atoms with E-state index in [1.807, 2.05) is 20.8 Å². The summed E-state index contributed by atoms with van der Waals surface area (Å²) in [5.41, 5.74) is 0.0745. The Hall–Kier alpha value is 0.310. The van der Waals surface area contributed by atoms with Crippen molar-refractivity contribution in [3.05, 3.63) is 0 Å². The van der Waals surface area contributed by atoms with Crippen molar-refractivity contribution in [1.82, 2.24) is 3.11 Å². The van der Waals surface area contributed by atoms with Gasteiger partial charge in [0.05, 0.1) is 4.75 Å². The molecule has 0 saturated carbocycles. The molecule has 1 aliphatic rings. The van der Waals surface area contributed by atoms with Crippen molar-refractivity contribution in [1.29, 1.82) is 0 Å². The Balaban J connectivity index is 2.38. The van der Waals surface area contributed by atoms with Gasteiger partial charge in [-0.15, -0.1) is 0 Å². The van der Waals surface area contributed by atoms with Gasteiger partial charge in [-0.1, -0.05) is 0 Å². The normalized spacial score (nSPS) is 26.1. The minimum atomic E-state index is -1.15. The molecule has 1 saturated heterocycles. The molecule has 0 amide bonds. The quantitative estimate of drug-likeness (QED) is 0.402. The van der Waals surface area contributed by atoms with Crippen LogP contribution in [0.3, 0.4) is 0 Å². The van der Waals surface area contributed by atoms with Crippen molar-refractivity contribution in [2.45, 2.75) is 64.2 Å². The molecule has 2 unspecified atom stereocenters. The molecule has 0 N–H and O–H groups in total. The Morgan fingerprint density at radius 2 is 2.11 bits per heavy atom. The summed E-state index contributed by atoms with van der Waals surface area (Å²) >= 11 is -1.06. The summed E-state index contributed by atoms with van der Waals surface area (Å²) in [6.07, 6.45) is 4.77. The molecule has 0 aromatic carbocycles. The molecule has 4 nitrogen and oxygen atoms in total. The van der Waals surface area contributed by atoms with Gasteiger partial charge in [-0.25, -0.2) is 7.32 Å². The van der Waals surface area contributed by atoms with E-state index in [1.165, 1.54) is 0 Å². The van der Waals surface area contributed by atoms with Gasteiger partial charge in [0, 0.05) is 18.3 Å². The van der Waals surface area contributed by atoms with Crippen LogP contribution in [0, 0.1) is 5.92 Å². The summed E-state index contributed by atoms with van der Waals surface area (Å²) in [5.74, 6) is 0.582. The number of halogens is 1. The second-order valence-corrected chi connectivity index (χ2v) is 10.2. The van der Waals surface area contributed by atoms with Crippen LogP contribution in [0.4, 0.5) is 0 Å². The van der Waals surface area contributed by atoms with Gasteiger partial charge < -0.3 is 0 Å². The van der Waals surface area contributed by atoms with E-state index >= 15 is 0 Å². The molecule has 1 aliphatic heterocycles. The molecular formula is C13H25IN2O2S. The highest BCUT2D eigenvalue weighted by molar-refractivity contribution is 14.1. The van der Waals surface area contributed by atoms with Gasteiger partial charge in [0.1, 0.15) is 11.0 Å². The van der Waals surface area contributed by atoms with E-state index in [2.05, 4.69) is 21.4 Å². The largest absolute Gasteiger partial charge is 0.252 e. The fourth-order valence-electron chi connectivity index (χ4n) is 2.25. The van der Waals surface area contributed by atoms with Crippen LogP contribution < -0.4 is 0 Å². The van der Waals surface area contributed by atoms with E-state index in [0.29, 0.717) is 5.92 Å². The van der Waals surface area contributed by atoms with Crippen LogP contribution in [0.25, 0.3) is 0 Å². The molecular weight excluding hydrogens is 375 g/mol. The second-order valence-electron chi connectivity index (χ2n) is 6.72. The minimum absolute atomic E-state index is 0.0745. The van der Waals surface area contributed by atoms with Crippen molar-refractivity contribution in [2.24, 2.45) is 10.3 Å². The van der Waals surface area contributed by atoms with Crippen LogP contribution in [0.1, 0.15) is 53.9 Å². The van der Waals surface area contributed by atoms with Crippen LogP contribution in [-0.2, 0) is 14.1 Å². The Bertz CT molecular complexity index is 377. The lowest BCUT2D eigenvalue weighted by molar-refractivity contribution is 0.342. The molecule has 1 fully saturated rings. The molecule has 1 rings (SSSR count). The molecule has 0 radical (unpaired) electrons. The maximum absolute atomic E-state index is 11.7. The van der Waals surface area contributed by atoms with E-state index in [0.717, 1.165) is 25.8 Å². The van der Waals surface area contributed by atoms with Crippen LogP contribution >= 0.6 is 21.5 Å². The van der Waals surface area contributed by atoms with Crippen molar-refractivity contribution >= 4 is 38.7 Å². The summed E-state index contributed by atoms with van der Waals surface area (Å²) in [5, 5.41) is 0. The molecule has 0 aromatic rings. The fourth-order valence-corrected chi connectivity index (χ4v) is 4.25. The van der Waals surface area contributed by atoms with Gasteiger partial charge in [0.15, 0.2) is 0 Å². The Kier molecular flexibility index (Phi) is 6.26. The maximum Gasteiger partial charge on any atom is 0.240 e. The van der Waals surface area contributed by atoms with Crippen molar-refractivity contribution in [2.75, 3.05) is 6.54 Å². The van der Waals surface area contributed by atoms with Gasteiger partial charge in [0.2, 0.25) is 21.5 Å². The molecule has 19 heavy (non-hydrogen) atoms. The van der Waals surface area contributed by atoms with Crippen molar-refractivity contribution in [3.8, 4) is 0 Å². The van der Waals surface area contributed by atoms with Gasteiger partial charge in [-0.05, 0) is 59.8 Å². The Morgan fingerprint density at radius 3 is 2.58 bits per heavy atom. The molecule has 0 aromatic heterocycles. The molecule has 1 heterocycles. The average Bonchev–Trinajstić information content (AvgIpc) is 2.57. The van der Waals surface area contributed by atoms with Gasteiger partial charge in [-0.3, -0.25) is 3.07 Å². The third kappa shape index (κ3) is 5.30. The average molecular weight is 400 g/mol. The first kappa shape index (κ1) is 17.4. The lowest BCUT2D eigenvalue weighted by Gasteiger charge is -2.23. The highest BCUT2D eigenvalue weighted by Gasteiger charge is 2.38. The van der Waals surface area contributed by atoms with E-state index in [1.54, 1.807) is 6.21 Å². The Labute approximate surface area is 130 Å². The lowest BCUT2D eigenvalue weighted by atomic mass is 9.94. The number of hydrogen-bond donors (Lipinski definition) is 0. The predicted octanol–water partition coefficient (Wildman–Crippen LogP) is 3.63. The van der Waals surface area contributed by atoms with Crippen molar-refractivity contribution < 1.29 is 7.28 Å². The molecule has 0 spiro atoms. The first-order valence-corrected chi connectivity index (χ1v) is 9.61. The first-order chi connectivity index (χ1) is 8.66. The zero-order valence-electron chi connectivity index (χ0n) is 12.5. The monoisotopic (exact) mass is 400 g/mol. The smallest absolute Gasteiger partial charge is 0.240 e. The third-order valence-corrected chi connectivity index (χ3v) is 6.91. The molecule has 0 bridgehead atoms. The van der Waals surface area contributed by atoms with Crippen molar-refractivity contribution in [3.63, 3.8) is 0 Å². The van der Waals surface area contributed by atoms with Crippen LogP contribution in [0.5, 0.6) is 0 Å². The summed E-state index contributed by atoms with van der Waals surface area (Å²) in [4.78, 5) is 0. The predicted molar refractivity (Wildman–Crippen MR) is 89.2 cm³/mol. The number of rotatable bonds is 5. The van der Waals surface area contributed by atoms with Crippen LogP contribution in [0.15, 0.2) is 4.40 Å². The number of hydrogen-bond acceptors (Lipinski definition) is 2. The van der Waals surface area contributed by atoms with E-state index in [9.17, 15) is 7.28 Å². The van der Waals surface area contributed by atoms with E-state index in [4.69, 9.17) is 0 Å². The first-order valence-electron chi connectivity index (χ1n) is 6.66.